The van der Waals surface area contributed by atoms with Gasteiger partial charge in [-0.15, -0.1) is 0 Å². The molecule has 3 fully saturated rings. The van der Waals surface area contributed by atoms with Gasteiger partial charge in [-0.2, -0.15) is 0 Å². The third kappa shape index (κ3) is 3.41. The van der Waals surface area contributed by atoms with Crippen LogP contribution in [0.5, 0.6) is 0 Å². The molecule has 1 atom stereocenters. The summed E-state index contributed by atoms with van der Waals surface area (Å²) in [6.45, 7) is 1.92. The van der Waals surface area contributed by atoms with Gasteiger partial charge in [-0.05, 0) is 43.5 Å². The van der Waals surface area contributed by atoms with E-state index in [1.807, 2.05) is 4.90 Å². The van der Waals surface area contributed by atoms with E-state index >= 15 is 0 Å². The quantitative estimate of drug-likeness (QED) is 0.881. The number of rotatable bonds is 2. The van der Waals surface area contributed by atoms with Crippen molar-refractivity contribution in [3.8, 4) is 0 Å². The highest BCUT2D eigenvalue weighted by atomic mass is 19.1. The van der Waals surface area contributed by atoms with Crippen molar-refractivity contribution in [3.63, 3.8) is 0 Å². The molecule has 6 heteroatoms. The zero-order valence-electron chi connectivity index (χ0n) is 15.0. The summed E-state index contributed by atoms with van der Waals surface area (Å²) in [6.07, 6.45) is 7.09. The first-order valence-electron chi connectivity index (χ1n) is 9.66. The summed E-state index contributed by atoms with van der Waals surface area (Å²) in [7, 11) is 0. The molecule has 26 heavy (non-hydrogen) atoms. The molecule has 0 radical (unpaired) electrons. The molecule has 2 heterocycles. The monoisotopic (exact) mass is 359 g/mol. The number of likely N-dealkylation sites (tertiary alicyclic amines) is 1. The molecule has 140 valence electrons. The van der Waals surface area contributed by atoms with Crippen molar-refractivity contribution in [2.75, 3.05) is 24.5 Å². The second-order valence-corrected chi connectivity index (χ2v) is 8.09. The van der Waals surface area contributed by atoms with Crippen LogP contribution in [0.3, 0.4) is 0 Å². The number of amides is 3. The van der Waals surface area contributed by atoms with Crippen molar-refractivity contribution in [2.45, 2.75) is 51.0 Å². The summed E-state index contributed by atoms with van der Waals surface area (Å²) in [5.74, 6) is -0.243. The minimum absolute atomic E-state index is 0.0152. The lowest BCUT2D eigenvalue weighted by Crippen LogP contribution is -2.45. The van der Waals surface area contributed by atoms with E-state index < -0.39 is 0 Å². The van der Waals surface area contributed by atoms with Gasteiger partial charge < -0.3 is 15.1 Å². The van der Waals surface area contributed by atoms with Gasteiger partial charge in [-0.25, -0.2) is 9.18 Å². The van der Waals surface area contributed by atoms with Gasteiger partial charge in [-0.3, -0.25) is 4.79 Å². The topological polar surface area (TPSA) is 52.7 Å². The standard InChI is InChI=1S/C20H26FN3O2/c21-15-6-8-17(9-7-15)24-14-20(12-18(24)25)10-11-23(13-20)19(26)22-16-4-2-1-3-5-16/h6-9,16H,1-5,10-14H2,(H,22,26)/t20-/m0/s1. The van der Waals surface area contributed by atoms with Crippen molar-refractivity contribution in [3.05, 3.63) is 30.1 Å². The molecule has 1 saturated carbocycles. The lowest BCUT2D eigenvalue weighted by Gasteiger charge is -2.27. The third-order valence-corrected chi connectivity index (χ3v) is 6.12. The fourth-order valence-corrected chi connectivity index (χ4v) is 4.65. The minimum Gasteiger partial charge on any atom is -0.335 e. The minimum atomic E-state index is -0.304. The number of anilines is 1. The Balaban J connectivity index is 1.38. The van der Waals surface area contributed by atoms with Crippen LogP contribution in [0.1, 0.15) is 44.9 Å². The van der Waals surface area contributed by atoms with Gasteiger partial charge in [0.25, 0.3) is 0 Å². The molecule has 4 rings (SSSR count). The molecule has 3 amide bonds. The zero-order chi connectivity index (χ0) is 18.1. The fraction of sp³-hybridized carbons (Fsp3) is 0.600. The van der Waals surface area contributed by atoms with Crippen LogP contribution in [-0.4, -0.2) is 42.5 Å². The number of hydrogen-bond donors (Lipinski definition) is 1. The van der Waals surface area contributed by atoms with Crippen LogP contribution in [0.4, 0.5) is 14.9 Å². The lowest BCUT2D eigenvalue weighted by molar-refractivity contribution is -0.117. The van der Waals surface area contributed by atoms with Crippen molar-refractivity contribution < 1.29 is 14.0 Å². The molecule has 1 aromatic carbocycles. The molecule has 1 aromatic rings. The van der Waals surface area contributed by atoms with Crippen LogP contribution in [0.25, 0.3) is 0 Å². The highest BCUT2D eigenvalue weighted by Gasteiger charge is 2.48. The van der Waals surface area contributed by atoms with Gasteiger partial charge in [-0.1, -0.05) is 19.3 Å². The van der Waals surface area contributed by atoms with E-state index in [1.54, 1.807) is 17.0 Å². The summed E-state index contributed by atoms with van der Waals surface area (Å²) < 4.78 is 13.1. The number of hydrogen-bond acceptors (Lipinski definition) is 2. The predicted octanol–water partition coefficient (Wildman–Crippen LogP) is 3.30. The maximum Gasteiger partial charge on any atom is 0.317 e. The molecule has 2 saturated heterocycles. The number of carbonyl (C=O) groups excluding carboxylic acids is 2. The Labute approximate surface area is 153 Å². The Hall–Kier alpha value is -2.11. The Morgan fingerprint density at radius 2 is 1.85 bits per heavy atom. The first kappa shape index (κ1) is 17.3. The fourth-order valence-electron chi connectivity index (χ4n) is 4.65. The molecule has 0 aromatic heterocycles. The summed E-state index contributed by atoms with van der Waals surface area (Å²) >= 11 is 0. The Morgan fingerprint density at radius 1 is 1.12 bits per heavy atom. The van der Waals surface area contributed by atoms with Crippen molar-refractivity contribution in [2.24, 2.45) is 5.41 Å². The number of halogens is 1. The van der Waals surface area contributed by atoms with Crippen LogP contribution >= 0.6 is 0 Å². The van der Waals surface area contributed by atoms with Crippen LogP contribution in [-0.2, 0) is 4.79 Å². The van der Waals surface area contributed by atoms with E-state index in [0.29, 0.717) is 32.1 Å². The third-order valence-electron chi connectivity index (χ3n) is 6.12. The summed E-state index contributed by atoms with van der Waals surface area (Å²) in [4.78, 5) is 28.7. The van der Waals surface area contributed by atoms with E-state index in [1.165, 1.54) is 31.4 Å². The van der Waals surface area contributed by atoms with Gasteiger partial charge in [0.05, 0.1) is 0 Å². The molecule has 5 nitrogen and oxygen atoms in total. The van der Waals surface area contributed by atoms with Gasteiger partial charge in [0.2, 0.25) is 5.91 Å². The average Bonchev–Trinajstić information content (AvgIpc) is 3.20. The van der Waals surface area contributed by atoms with Crippen molar-refractivity contribution >= 4 is 17.6 Å². The van der Waals surface area contributed by atoms with Gasteiger partial charge >= 0.3 is 6.03 Å². The molecule has 2 aliphatic heterocycles. The summed E-state index contributed by atoms with van der Waals surface area (Å²) in [5.41, 5.74) is 0.563. The molecule has 1 spiro atoms. The van der Waals surface area contributed by atoms with Crippen LogP contribution in [0.15, 0.2) is 24.3 Å². The van der Waals surface area contributed by atoms with Gasteiger partial charge in [0.15, 0.2) is 0 Å². The van der Waals surface area contributed by atoms with Gasteiger partial charge in [0, 0.05) is 43.2 Å². The molecule has 0 bridgehead atoms. The second-order valence-electron chi connectivity index (χ2n) is 8.09. The second kappa shape index (κ2) is 6.89. The van der Waals surface area contributed by atoms with E-state index in [4.69, 9.17) is 0 Å². The number of urea groups is 1. The largest absolute Gasteiger partial charge is 0.335 e. The van der Waals surface area contributed by atoms with Crippen LogP contribution in [0.2, 0.25) is 0 Å². The maximum atomic E-state index is 13.1. The summed E-state index contributed by atoms with van der Waals surface area (Å²) in [5, 5.41) is 3.17. The first-order valence-corrected chi connectivity index (χ1v) is 9.66. The summed E-state index contributed by atoms with van der Waals surface area (Å²) in [6, 6.07) is 6.37. The maximum absolute atomic E-state index is 13.1. The molecular weight excluding hydrogens is 333 g/mol. The van der Waals surface area contributed by atoms with E-state index in [9.17, 15) is 14.0 Å². The van der Waals surface area contributed by atoms with Crippen LogP contribution < -0.4 is 10.2 Å². The van der Waals surface area contributed by atoms with Crippen LogP contribution in [0, 0.1) is 11.2 Å². The Morgan fingerprint density at radius 3 is 2.58 bits per heavy atom. The average molecular weight is 359 g/mol. The van der Waals surface area contributed by atoms with E-state index in [-0.39, 0.29) is 23.2 Å². The zero-order valence-corrected chi connectivity index (χ0v) is 15.0. The Bertz CT molecular complexity index is 687. The normalized spacial score (nSPS) is 26.7. The SMILES string of the molecule is O=C(NC1CCCCC1)N1CC[C@]2(CC(=O)N(c3ccc(F)cc3)C2)C1. The number of nitrogens with one attached hydrogen (secondary N) is 1. The van der Waals surface area contributed by atoms with Crippen molar-refractivity contribution in [1.29, 1.82) is 0 Å². The highest BCUT2D eigenvalue weighted by molar-refractivity contribution is 5.96. The highest BCUT2D eigenvalue weighted by Crippen LogP contribution is 2.41. The van der Waals surface area contributed by atoms with Crippen molar-refractivity contribution in [1.82, 2.24) is 10.2 Å². The Kier molecular flexibility index (Phi) is 4.59. The number of carbonyl (C=O) groups is 2. The van der Waals surface area contributed by atoms with E-state index in [0.717, 1.165) is 24.9 Å². The first-order chi connectivity index (χ1) is 12.5. The van der Waals surface area contributed by atoms with E-state index in [2.05, 4.69) is 5.32 Å². The molecular formula is C20H26FN3O2. The molecule has 0 unspecified atom stereocenters. The molecule has 1 aliphatic carbocycles. The molecule has 1 N–H and O–H groups in total. The smallest absolute Gasteiger partial charge is 0.317 e. The number of nitrogens with zero attached hydrogens (tertiary/aromatic N) is 2. The lowest BCUT2D eigenvalue weighted by atomic mass is 9.86. The molecule has 3 aliphatic rings. The number of benzene rings is 1. The predicted molar refractivity (Wildman–Crippen MR) is 97.4 cm³/mol. The van der Waals surface area contributed by atoms with Gasteiger partial charge in [0.1, 0.15) is 5.82 Å².